The molecule has 0 bridgehead atoms. The van der Waals surface area contributed by atoms with Gasteiger partial charge < -0.3 is 10.1 Å². The summed E-state index contributed by atoms with van der Waals surface area (Å²) in [6, 6.07) is 16.6. The summed E-state index contributed by atoms with van der Waals surface area (Å²) in [6.45, 7) is 1.10. The van der Waals surface area contributed by atoms with Crippen LogP contribution in [0.5, 0.6) is 5.75 Å². The molecule has 0 spiro atoms. The van der Waals surface area contributed by atoms with Crippen molar-refractivity contribution in [2.24, 2.45) is 0 Å². The van der Waals surface area contributed by atoms with Crippen LogP contribution in [0.25, 0.3) is 0 Å². The second-order valence-corrected chi connectivity index (χ2v) is 4.95. The molecule has 0 unspecified atom stereocenters. The van der Waals surface area contributed by atoms with Crippen molar-refractivity contribution in [3.8, 4) is 11.8 Å². The molecule has 21 heavy (non-hydrogen) atoms. The molecule has 3 rings (SSSR count). The number of para-hydroxylation sites is 1. The van der Waals surface area contributed by atoms with Gasteiger partial charge in [-0.05, 0) is 24.3 Å². The quantitative estimate of drug-likeness (QED) is 0.938. The molecule has 1 aliphatic rings. The van der Waals surface area contributed by atoms with Crippen molar-refractivity contribution < 1.29 is 9.53 Å². The number of carbonyl (C=O) groups is 1. The third-order valence-electron chi connectivity index (χ3n) is 3.56. The van der Waals surface area contributed by atoms with E-state index in [1.165, 1.54) is 0 Å². The molecule has 0 aliphatic carbocycles. The van der Waals surface area contributed by atoms with Gasteiger partial charge in [0.2, 0.25) is 0 Å². The molecule has 0 aromatic heterocycles. The van der Waals surface area contributed by atoms with E-state index in [1.807, 2.05) is 30.3 Å². The van der Waals surface area contributed by atoms with E-state index in [2.05, 4.69) is 5.32 Å². The topological polar surface area (TPSA) is 62.1 Å². The molecule has 1 aliphatic heterocycles. The fourth-order valence-electron chi connectivity index (χ4n) is 2.45. The molecule has 4 heteroatoms. The van der Waals surface area contributed by atoms with E-state index in [1.54, 1.807) is 24.3 Å². The number of rotatable bonds is 3. The molecule has 1 N–H and O–H groups in total. The van der Waals surface area contributed by atoms with Gasteiger partial charge in [0.1, 0.15) is 5.75 Å². The van der Waals surface area contributed by atoms with Crippen LogP contribution in [0.2, 0.25) is 0 Å². The molecule has 1 atom stereocenters. The average Bonchev–Trinajstić information content (AvgIpc) is 2.96. The van der Waals surface area contributed by atoms with Crippen LogP contribution in [-0.2, 0) is 0 Å². The predicted octanol–water partition coefficient (Wildman–Crippen LogP) is 2.46. The van der Waals surface area contributed by atoms with Crippen molar-refractivity contribution in [2.75, 3.05) is 13.2 Å². The molecule has 4 nitrogen and oxygen atoms in total. The van der Waals surface area contributed by atoms with E-state index in [9.17, 15) is 4.79 Å². The van der Waals surface area contributed by atoms with Crippen molar-refractivity contribution >= 4 is 5.91 Å². The number of nitriles is 1. The van der Waals surface area contributed by atoms with Gasteiger partial charge in [0.25, 0.3) is 5.91 Å². The molecular formula is C17H14N2O2. The van der Waals surface area contributed by atoms with E-state index in [-0.39, 0.29) is 11.8 Å². The molecule has 0 fully saturated rings. The zero-order valence-electron chi connectivity index (χ0n) is 11.4. The molecule has 0 saturated carbocycles. The molecule has 104 valence electrons. The van der Waals surface area contributed by atoms with Gasteiger partial charge in [-0.2, -0.15) is 5.26 Å². The van der Waals surface area contributed by atoms with E-state index < -0.39 is 0 Å². The van der Waals surface area contributed by atoms with Crippen molar-refractivity contribution in [3.05, 3.63) is 65.2 Å². The summed E-state index contributed by atoms with van der Waals surface area (Å²) in [5.41, 5.74) is 2.11. The third-order valence-corrected chi connectivity index (χ3v) is 3.56. The number of nitrogens with zero attached hydrogens (tertiary/aromatic N) is 1. The molecule has 2 aromatic carbocycles. The first-order valence-corrected chi connectivity index (χ1v) is 6.78. The van der Waals surface area contributed by atoms with E-state index in [0.717, 1.165) is 11.3 Å². The molecule has 0 radical (unpaired) electrons. The maximum Gasteiger partial charge on any atom is 0.251 e. The van der Waals surface area contributed by atoms with Crippen molar-refractivity contribution in [3.63, 3.8) is 0 Å². The minimum atomic E-state index is -0.170. The van der Waals surface area contributed by atoms with E-state index in [4.69, 9.17) is 10.00 Å². The van der Waals surface area contributed by atoms with E-state index in [0.29, 0.717) is 24.3 Å². The van der Waals surface area contributed by atoms with Crippen LogP contribution in [-0.4, -0.2) is 19.1 Å². The standard InChI is InChI=1S/C17H14N2O2/c18-9-12-4-3-5-13(8-12)17(20)19-10-14-11-21-16-7-2-1-6-15(14)16/h1-8,14H,10-11H2,(H,19,20)/t14-/m0/s1. The van der Waals surface area contributed by atoms with Gasteiger partial charge in [0.15, 0.2) is 0 Å². The highest BCUT2D eigenvalue weighted by Crippen LogP contribution is 2.32. The molecule has 0 saturated heterocycles. The normalized spacial score (nSPS) is 15.7. The number of fused-ring (bicyclic) bond motifs is 1. The highest BCUT2D eigenvalue weighted by molar-refractivity contribution is 5.94. The Labute approximate surface area is 123 Å². The fraction of sp³-hybridized carbons (Fsp3) is 0.176. The second kappa shape index (κ2) is 5.68. The Kier molecular flexibility index (Phi) is 3.57. The lowest BCUT2D eigenvalue weighted by molar-refractivity contribution is 0.0950. The number of nitrogens with one attached hydrogen (secondary N) is 1. The first-order valence-electron chi connectivity index (χ1n) is 6.78. The Morgan fingerprint density at radius 1 is 1.29 bits per heavy atom. The van der Waals surface area contributed by atoms with Gasteiger partial charge in [-0.25, -0.2) is 0 Å². The third kappa shape index (κ3) is 2.72. The van der Waals surface area contributed by atoms with Gasteiger partial charge in [-0.15, -0.1) is 0 Å². The van der Waals surface area contributed by atoms with Crippen molar-refractivity contribution in [1.82, 2.24) is 5.32 Å². The number of ether oxygens (including phenoxy) is 1. The lowest BCUT2D eigenvalue weighted by Gasteiger charge is -2.10. The summed E-state index contributed by atoms with van der Waals surface area (Å²) in [4.78, 5) is 12.1. The van der Waals surface area contributed by atoms with Crippen LogP contribution in [0, 0.1) is 11.3 Å². The summed E-state index contributed by atoms with van der Waals surface area (Å²) in [6.07, 6.45) is 0. The maximum absolute atomic E-state index is 12.1. The number of carbonyl (C=O) groups excluding carboxylic acids is 1. The Bertz CT molecular complexity index is 719. The van der Waals surface area contributed by atoms with Crippen LogP contribution in [0.4, 0.5) is 0 Å². The van der Waals surface area contributed by atoms with Gasteiger partial charge in [0.05, 0.1) is 18.2 Å². The maximum atomic E-state index is 12.1. The minimum absolute atomic E-state index is 0.170. The van der Waals surface area contributed by atoms with Gasteiger partial charge >= 0.3 is 0 Å². The highest BCUT2D eigenvalue weighted by Gasteiger charge is 2.23. The smallest absolute Gasteiger partial charge is 0.251 e. The highest BCUT2D eigenvalue weighted by atomic mass is 16.5. The summed E-state index contributed by atoms with van der Waals surface area (Å²) >= 11 is 0. The minimum Gasteiger partial charge on any atom is -0.493 e. The largest absolute Gasteiger partial charge is 0.493 e. The Balaban J connectivity index is 1.66. The van der Waals surface area contributed by atoms with Crippen LogP contribution in [0.3, 0.4) is 0 Å². The van der Waals surface area contributed by atoms with Crippen LogP contribution < -0.4 is 10.1 Å². The Morgan fingerprint density at radius 3 is 3.00 bits per heavy atom. The first kappa shape index (κ1) is 13.2. The monoisotopic (exact) mass is 278 g/mol. The number of benzene rings is 2. The summed E-state index contributed by atoms with van der Waals surface area (Å²) in [7, 11) is 0. The Morgan fingerprint density at radius 2 is 2.14 bits per heavy atom. The second-order valence-electron chi connectivity index (χ2n) is 4.95. The van der Waals surface area contributed by atoms with Crippen molar-refractivity contribution in [1.29, 1.82) is 5.26 Å². The summed E-state index contributed by atoms with van der Waals surface area (Å²) in [5.74, 6) is 0.893. The molecule has 1 heterocycles. The van der Waals surface area contributed by atoms with Crippen molar-refractivity contribution in [2.45, 2.75) is 5.92 Å². The van der Waals surface area contributed by atoms with Crippen LogP contribution in [0.1, 0.15) is 27.4 Å². The predicted molar refractivity (Wildman–Crippen MR) is 78.2 cm³/mol. The zero-order valence-corrected chi connectivity index (χ0v) is 11.4. The van der Waals surface area contributed by atoms with Gasteiger partial charge in [-0.1, -0.05) is 24.3 Å². The molecule has 1 amide bonds. The number of hydrogen-bond donors (Lipinski definition) is 1. The first-order chi connectivity index (χ1) is 10.3. The molecular weight excluding hydrogens is 264 g/mol. The van der Waals surface area contributed by atoms with Crippen LogP contribution >= 0.6 is 0 Å². The number of amides is 1. The number of hydrogen-bond acceptors (Lipinski definition) is 3. The van der Waals surface area contributed by atoms with E-state index >= 15 is 0 Å². The Hall–Kier alpha value is -2.80. The van der Waals surface area contributed by atoms with Gasteiger partial charge in [-0.3, -0.25) is 4.79 Å². The SMILES string of the molecule is N#Cc1cccc(C(=O)NC[C@H]2COc3ccccc32)c1. The zero-order chi connectivity index (χ0) is 14.7. The van der Waals surface area contributed by atoms with Crippen LogP contribution in [0.15, 0.2) is 48.5 Å². The summed E-state index contributed by atoms with van der Waals surface area (Å²) in [5, 5.41) is 11.8. The summed E-state index contributed by atoms with van der Waals surface area (Å²) < 4.78 is 5.59. The molecule has 2 aromatic rings. The fourth-order valence-corrected chi connectivity index (χ4v) is 2.45. The average molecular weight is 278 g/mol. The lowest BCUT2D eigenvalue weighted by Crippen LogP contribution is -2.29. The lowest BCUT2D eigenvalue weighted by atomic mass is 10.0. The van der Waals surface area contributed by atoms with Gasteiger partial charge in [0, 0.05) is 23.6 Å².